The Morgan fingerprint density at radius 3 is 1.38 bits per heavy atom. The van der Waals surface area contributed by atoms with Gasteiger partial charge in [-0.1, -0.05) is 36.4 Å². The maximum Gasteiger partial charge on any atom is 0.167 e. The number of hydrogen-bond acceptors (Lipinski definition) is 6. The molecule has 0 saturated heterocycles. The van der Waals surface area contributed by atoms with E-state index in [1.165, 1.54) is 0 Å². The Bertz CT molecular complexity index is 1100. The Morgan fingerprint density at radius 2 is 0.931 bits per heavy atom. The minimum atomic E-state index is 0.0932. The lowest BCUT2D eigenvalue weighted by molar-refractivity contribution is 0.416. The Morgan fingerprint density at radius 1 is 0.552 bits per heavy atom. The average molecular weight is 385 g/mol. The zero-order chi connectivity index (χ0) is 20.2. The molecule has 0 saturated carbocycles. The zero-order valence-electron chi connectivity index (χ0n) is 16.0. The van der Waals surface area contributed by atoms with Crippen LogP contribution < -0.4 is 9.47 Å². The minimum Gasteiger partial charge on any atom is -0.507 e. The molecular weight excluding hydrogens is 366 g/mol. The summed E-state index contributed by atoms with van der Waals surface area (Å²) in [6.07, 6.45) is 0. The molecule has 3 aromatic carbocycles. The molecule has 0 amide bonds. The molecule has 0 aliphatic rings. The summed E-state index contributed by atoms with van der Waals surface area (Å²) in [6.45, 7) is 0. The summed E-state index contributed by atoms with van der Waals surface area (Å²) < 4.78 is 11.0. The van der Waals surface area contributed by atoms with E-state index in [0.29, 0.717) is 34.5 Å². The summed E-state index contributed by atoms with van der Waals surface area (Å²) >= 11 is 0. The monoisotopic (exact) mass is 385 g/mol. The Labute approximate surface area is 168 Å². The predicted molar refractivity (Wildman–Crippen MR) is 111 cm³/mol. The van der Waals surface area contributed by atoms with Crippen molar-refractivity contribution in [3.8, 4) is 51.4 Å². The van der Waals surface area contributed by atoms with E-state index in [1.54, 1.807) is 32.4 Å². The number of ether oxygens (including phenoxy) is 2. The maximum absolute atomic E-state index is 10.3. The van der Waals surface area contributed by atoms with Crippen LogP contribution >= 0.6 is 0 Å². The van der Waals surface area contributed by atoms with Crippen molar-refractivity contribution in [3.05, 3.63) is 72.8 Å². The maximum atomic E-state index is 10.3. The smallest absolute Gasteiger partial charge is 0.167 e. The van der Waals surface area contributed by atoms with Gasteiger partial charge in [0, 0.05) is 0 Å². The zero-order valence-corrected chi connectivity index (χ0v) is 16.0. The van der Waals surface area contributed by atoms with Crippen LogP contribution in [0.25, 0.3) is 34.2 Å². The molecule has 6 heteroatoms. The predicted octanol–water partition coefficient (Wildman–Crippen LogP) is 4.60. The highest BCUT2D eigenvalue weighted by Crippen LogP contribution is 2.34. The van der Waals surface area contributed by atoms with E-state index in [2.05, 4.69) is 15.0 Å². The van der Waals surface area contributed by atoms with Gasteiger partial charge in [-0.05, 0) is 36.4 Å². The number of nitrogens with zero attached hydrogens (tertiary/aromatic N) is 3. The highest BCUT2D eigenvalue weighted by atomic mass is 16.5. The van der Waals surface area contributed by atoms with Crippen LogP contribution in [0.15, 0.2) is 72.8 Å². The molecular formula is C23H19N3O3. The van der Waals surface area contributed by atoms with Crippen LogP contribution in [0.3, 0.4) is 0 Å². The van der Waals surface area contributed by atoms with E-state index in [9.17, 15) is 5.11 Å². The standard InChI is InChI=1S/C23H19N3O3/c1-28-19-13-7-4-10-16(19)22-24-21(15-9-3-6-12-18(15)27)25-23(26-22)17-11-5-8-14-20(17)29-2/h3-14,27H,1-2H3. The van der Waals surface area contributed by atoms with Gasteiger partial charge in [-0.3, -0.25) is 0 Å². The minimum absolute atomic E-state index is 0.0932. The third kappa shape index (κ3) is 3.60. The van der Waals surface area contributed by atoms with Crippen molar-refractivity contribution in [3.63, 3.8) is 0 Å². The van der Waals surface area contributed by atoms with Gasteiger partial charge in [0.2, 0.25) is 0 Å². The van der Waals surface area contributed by atoms with Gasteiger partial charge in [0.1, 0.15) is 17.2 Å². The molecule has 0 atom stereocenters. The largest absolute Gasteiger partial charge is 0.507 e. The van der Waals surface area contributed by atoms with Crippen molar-refractivity contribution in [2.75, 3.05) is 14.2 Å². The normalized spacial score (nSPS) is 10.6. The second-order valence-corrected chi connectivity index (χ2v) is 6.22. The van der Waals surface area contributed by atoms with Crippen molar-refractivity contribution in [1.29, 1.82) is 0 Å². The molecule has 1 heterocycles. The summed E-state index contributed by atoms with van der Waals surface area (Å²) in [5.41, 5.74) is 1.97. The molecule has 0 aliphatic carbocycles. The Kier molecular flexibility index (Phi) is 5.07. The van der Waals surface area contributed by atoms with Gasteiger partial charge in [-0.2, -0.15) is 0 Å². The number of aromatic nitrogens is 3. The number of rotatable bonds is 5. The summed E-state index contributed by atoms with van der Waals surface area (Å²) in [5, 5.41) is 10.3. The number of phenolic OH excluding ortho intramolecular Hbond substituents is 1. The van der Waals surface area contributed by atoms with Crippen LogP contribution in [0.4, 0.5) is 0 Å². The van der Waals surface area contributed by atoms with E-state index in [1.807, 2.05) is 54.6 Å². The number of para-hydroxylation sites is 3. The van der Waals surface area contributed by atoms with Crippen LogP contribution in [0, 0.1) is 0 Å². The third-order valence-corrected chi connectivity index (χ3v) is 4.48. The number of hydrogen-bond donors (Lipinski definition) is 1. The molecule has 144 valence electrons. The van der Waals surface area contributed by atoms with Crippen LogP contribution in [-0.2, 0) is 0 Å². The van der Waals surface area contributed by atoms with E-state index in [0.717, 1.165) is 11.1 Å². The van der Waals surface area contributed by atoms with E-state index >= 15 is 0 Å². The van der Waals surface area contributed by atoms with Crippen molar-refractivity contribution >= 4 is 0 Å². The number of aromatic hydroxyl groups is 1. The fourth-order valence-electron chi connectivity index (χ4n) is 3.06. The van der Waals surface area contributed by atoms with E-state index in [4.69, 9.17) is 9.47 Å². The quantitative estimate of drug-likeness (QED) is 0.541. The fourth-order valence-corrected chi connectivity index (χ4v) is 3.06. The molecule has 4 rings (SSSR count). The van der Waals surface area contributed by atoms with Gasteiger partial charge in [-0.25, -0.2) is 15.0 Å². The molecule has 0 fully saturated rings. The molecule has 0 radical (unpaired) electrons. The van der Waals surface area contributed by atoms with Gasteiger partial charge in [0.05, 0.1) is 30.9 Å². The molecule has 0 spiro atoms. The molecule has 4 aromatic rings. The Hall–Kier alpha value is -3.93. The second-order valence-electron chi connectivity index (χ2n) is 6.22. The number of phenols is 1. The first-order chi connectivity index (χ1) is 14.2. The third-order valence-electron chi connectivity index (χ3n) is 4.48. The van der Waals surface area contributed by atoms with Gasteiger partial charge >= 0.3 is 0 Å². The highest BCUT2D eigenvalue weighted by molar-refractivity contribution is 5.73. The van der Waals surface area contributed by atoms with Crippen LogP contribution in [0.5, 0.6) is 17.2 Å². The van der Waals surface area contributed by atoms with Crippen molar-refractivity contribution in [2.24, 2.45) is 0 Å². The van der Waals surface area contributed by atoms with Gasteiger partial charge in [0.15, 0.2) is 17.5 Å². The highest BCUT2D eigenvalue weighted by Gasteiger charge is 2.18. The number of methoxy groups -OCH3 is 2. The molecule has 1 aromatic heterocycles. The average Bonchev–Trinajstić information content (AvgIpc) is 2.79. The summed E-state index contributed by atoms with van der Waals surface area (Å²) in [5.74, 6) is 2.63. The van der Waals surface area contributed by atoms with Crippen molar-refractivity contribution in [1.82, 2.24) is 15.0 Å². The lowest BCUT2D eigenvalue weighted by Crippen LogP contribution is -2.02. The molecule has 0 aliphatic heterocycles. The van der Waals surface area contributed by atoms with Crippen molar-refractivity contribution < 1.29 is 14.6 Å². The SMILES string of the molecule is COc1ccccc1-c1nc(-c2ccccc2O)nc(-c2ccccc2OC)n1. The molecule has 6 nitrogen and oxygen atoms in total. The van der Waals surface area contributed by atoms with Gasteiger partial charge in [0.25, 0.3) is 0 Å². The van der Waals surface area contributed by atoms with Crippen LogP contribution in [0.1, 0.15) is 0 Å². The summed E-state index contributed by atoms with van der Waals surface area (Å²) in [4.78, 5) is 13.9. The summed E-state index contributed by atoms with van der Waals surface area (Å²) in [7, 11) is 3.20. The van der Waals surface area contributed by atoms with Crippen molar-refractivity contribution in [2.45, 2.75) is 0 Å². The first-order valence-electron chi connectivity index (χ1n) is 9.02. The first kappa shape index (κ1) is 18.4. The molecule has 0 unspecified atom stereocenters. The molecule has 1 N–H and O–H groups in total. The van der Waals surface area contributed by atoms with Crippen LogP contribution in [0.2, 0.25) is 0 Å². The lowest BCUT2D eigenvalue weighted by Gasteiger charge is -2.12. The van der Waals surface area contributed by atoms with E-state index in [-0.39, 0.29) is 5.75 Å². The van der Waals surface area contributed by atoms with E-state index < -0.39 is 0 Å². The van der Waals surface area contributed by atoms with Crippen LogP contribution in [-0.4, -0.2) is 34.3 Å². The number of benzene rings is 3. The fraction of sp³-hybridized carbons (Fsp3) is 0.0870. The first-order valence-corrected chi connectivity index (χ1v) is 9.02. The Balaban J connectivity index is 1.99. The topological polar surface area (TPSA) is 77.4 Å². The lowest BCUT2D eigenvalue weighted by atomic mass is 10.1. The van der Waals surface area contributed by atoms with Gasteiger partial charge in [-0.15, -0.1) is 0 Å². The van der Waals surface area contributed by atoms with Gasteiger partial charge < -0.3 is 14.6 Å². The second kappa shape index (κ2) is 7.98. The molecule has 29 heavy (non-hydrogen) atoms. The summed E-state index contributed by atoms with van der Waals surface area (Å²) in [6, 6.07) is 22.0. The molecule has 0 bridgehead atoms.